The maximum Gasteiger partial charge on any atom is 0.338 e. The summed E-state index contributed by atoms with van der Waals surface area (Å²) in [6, 6.07) is 2.23. The molecule has 172 valence electrons. The number of hydrogen-bond acceptors (Lipinski definition) is 9. The minimum atomic E-state index is -0.749. The van der Waals surface area contributed by atoms with Crippen LogP contribution in [-0.2, 0) is 22.4 Å². The molecule has 0 saturated heterocycles. The molecule has 4 heterocycles. The highest BCUT2D eigenvalue weighted by molar-refractivity contribution is 7.99. The van der Waals surface area contributed by atoms with Gasteiger partial charge in [-0.25, -0.2) is 19.6 Å². The third-order valence-electron chi connectivity index (χ3n) is 5.64. The van der Waals surface area contributed by atoms with Crippen molar-refractivity contribution in [2.75, 3.05) is 18.1 Å². The Hall–Kier alpha value is -3.05. The molecule has 5 rings (SSSR count). The zero-order valence-electron chi connectivity index (χ0n) is 18.0. The number of amides is 2. The van der Waals surface area contributed by atoms with Crippen LogP contribution in [-0.4, -0.2) is 34.3 Å². The van der Waals surface area contributed by atoms with Crippen LogP contribution in [0.1, 0.15) is 42.0 Å². The van der Waals surface area contributed by atoms with E-state index in [0.29, 0.717) is 28.0 Å². The van der Waals surface area contributed by atoms with Crippen LogP contribution >= 0.6 is 23.1 Å². The summed E-state index contributed by atoms with van der Waals surface area (Å²) in [5.74, 6) is 0.657. The zero-order chi connectivity index (χ0) is 22.9. The number of anilines is 1. The molecule has 4 N–H and O–H groups in total. The average molecular weight is 486 g/mol. The third-order valence-corrected chi connectivity index (χ3v) is 7.70. The smallest absolute Gasteiger partial charge is 0.338 e. The molecule has 2 aliphatic rings. The number of thioether (sulfide) groups is 1. The van der Waals surface area contributed by atoms with Gasteiger partial charge in [0, 0.05) is 16.3 Å². The molecular formula is C22H23N5O4S2. The number of nitrogens with one attached hydrogen (secondary N) is 2. The second-order valence-electron chi connectivity index (χ2n) is 7.73. The lowest BCUT2D eigenvalue weighted by Crippen LogP contribution is -2.46. The second-order valence-corrected chi connectivity index (χ2v) is 9.76. The normalized spacial score (nSPS) is 18.1. The van der Waals surface area contributed by atoms with Crippen molar-refractivity contribution in [3.8, 4) is 0 Å². The molecule has 1 aliphatic heterocycles. The molecule has 0 spiro atoms. The van der Waals surface area contributed by atoms with Gasteiger partial charge in [-0.1, -0.05) is 11.8 Å². The molecule has 1 unspecified atom stereocenters. The predicted molar refractivity (Wildman–Crippen MR) is 126 cm³/mol. The lowest BCUT2D eigenvalue weighted by molar-refractivity contribution is -0.139. The fourth-order valence-corrected chi connectivity index (χ4v) is 6.36. The van der Waals surface area contributed by atoms with Crippen molar-refractivity contribution in [3.63, 3.8) is 0 Å². The number of carbonyl (C=O) groups excluding carboxylic acids is 2. The standard InChI is InChI=1S/C22H23N5O4S2/c1-2-30-20(28)16-12(24-21(29)25-17(16)13-7-5-9-31-13)10-32-22-26-18(23)15-11-6-3-4-8-14(11)33-19(15)27-22/h5,7,9,17H,2-4,6,8,10H2,1H3,(H2,23,26,27)(H2,24,25,29). The number of carbonyl (C=O) groups is 2. The Bertz CT molecular complexity index is 1250. The van der Waals surface area contributed by atoms with Gasteiger partial charge in [0.2, 0.25) is 0 Å². The fraction of sp³-hybridized carbons (Fsp3) is 0.364. The molecular weight excluding hydrogens is 462 g/mol. The quantitative estimate of drug-likeness (QED) is 0.273. The molecule has 3 aromatic rings. The lowest BCUT2D eigenvalue weighted by atomic mass is 9.97. The number of fused-ring (bicyclic) bond motifs is 3. The summed E-state index contributed by atoms with van der Waals surface area (Å²) in [7, 11) is 0. The fourth-order valence-electron chi connectivity index (χ4n) is 4.22. The Balaban J connectivity index is 1.47. The van der Waals surface area contributed by atoms with Crippen LogP contribution in [0.4, 0.5) is 10.6 Å². The molecule has 1 aliphatic carbocycles. The molecule has 2 amide bonds. The van der Waals surface area contributed by atoms with E-state index >= 15 is 0 Å². The highest BCUT2D eigenvalue weighted by atomic mass is 32.2. The van der Waals surface area contributed by atoms with E-state index in [2.05, 4.69) is 15.6 Å². The van der Waals surface area contributed by atoms with E-state index in [1.807, 2.05) is 0 Å². The molecule has 9 nitrogen and oxygen atoms in total. The number of hydrogen-bond donors (Lipinski definition) is 3. The number of furan rings is 1. The van der Waals surface area contributed by atoms with Gasteiger partial charge in [0.25, 0.3) is 0 Å². The van der Waals surface area contributed by atoms with Gasteiger partial charge in [-0.2, -0.15) is 0 Å². The van der Waals surface area contributed by atoms with Crippen molar-refractivity contribution >= 4 is 51.1 Å². The summed E-state index contributed by atoms with van der Waals surface area (Å²) in [6.07, 6.45) is 5.90. The third kappa shape index (κ3) is 4.18. The Kier molecular flexibility index (Phi) is 5.98. The first-order valence-corrected chi connectivity index (χ1v) is 12.6. The minimum Gasteiger partial charge on any atom is -0.467 e. The van der Waals surface area contributed by atoms with E-state index in [-0.39, 0.29) is 12.4 Å². The molecule has 3 aromatic heterocycles. The molecule has 0 saturated carbocycles. The van der Waals surface area contributed by atoms with Gasteiger partial charge in [-0.15, -0.1) is 11.3 Å². The summed E-state index contributed by atoms with van der Waals surface area (Å²) >= 11 is 2.99. The maximum absolute atomic E-state index is 12.8. The first kappa shape index (κ1) is 21.8. The molecule has 0 bridgehead atoms. The number of nitrogens with zero attached hydrogens (tertiary/aromatic N) is 2. The van der Waals surface area contributed by atoms with Crippen LogP contribution in [0.5, 0.6) is 0 Å². The molecule has 0 fully saturated rings. The largest absolute Gasteiger partial charge is 0.467 e. The van der Waals surface area contributed by atoms with Crippen molar-refractivity contribution in [3.05, 3.63) is 45.9 Å². The van der Waals surface area contributed by atoms with Gasteiger partial charge >= 0.3 is 12.0 Å². The van der Waals surface area contributed by atoms with Crippen molar-refractivity contribution in [2.45, 2.75) is 43.8 Å². The Labute approximate surface area is 198 Å². The lowest BCUT2D eigenvalue weighted by Gasteiger charge is -2.27. The number of nitrogen functional groups attached to an aromatic ring is 1. The number of aryl methyl sites for hydroxylation is 2. The van der Waals surface area contributed by atoms with Crippen LogP contribution in [0, 0.1) is 0 Å². The van der Waals surface area contributed by atoms with Gasteiger partial charge in [0.05, 0.1) is 23.8 Å². The first-order valence-electron chi connectivity index (χ1n) is 10.8. The Morgan fingerprint density at radius 2 is 2.21 bits per heavy atom. The van der Waals surface area contributed by atoms with Gasteiger partial charge in [0.15, 0.2) is 5.16 Å². The minimum absolute atomic E-state index is 0.209. The van der Waals surface area contributed by atoms with E-state index in [4.69, 9.17) is 19.9 Å². The highest BCUT2D eigenvalue weighted by Gasteiger charge is 2.35. The Morgan fingerprint density at radius 3 is 3.00 bits per heavy atom. The maximum atomic E-state index is 12.8. The number of urea groups is 1. The highest BCUT2D eigenvalue weighted by Crippen LogP contribution is 2.39. The second kappa shape index (κ2) is 9.06. The SMILES string of the molecule is CCOC(=O)C1=C(CSc2nc(N)c3c4c(sc3n2)CCCC4)NC(=O)NC1c1ccco1. The van der Waals surface area contributed by atoms with Crippen LogP contribution < -0.4 is 16.4 Å². The summed E-state index contributed by atoms with van der Waals surface area (Å²) in [5, 5.41) is 6.95. The zero-order valence-corrected chi connectivity index (χ0v) is 19.6. The Morgan fingerprint density at radius 1 is 1.36 bits per heavy atom. The van der Waals surface area contributed by atoms with Crippen LogP contribution in [0.2, 0.25) is 0 Å². The summed E-state index contributed by atoms with van der Waals surface area (Å²) in [4.78, 5) is 36.6. The summed E-state index contributed by atoms with van der Waals surface area (Å²) < 4.78 is 10.7. The molecule has 0 radical (unpaired) electrons. The number of aromatic nitrogens is 2. The first-order chi connectivity index (χ1) is 16.0. The molecule has 0 aromatic carbocycles. The topological polar surface area (TPSA) is 132 Å². The van der Waals surface area contributed by atoms with Crippen LogP contribution in [0.25, 0.3) is 10.2 Å². The van der Waals surface area contributed by atoms with Crippen molar-refractivity contribution in [1.29, 1.82) is 0 Å². The van der Waals surface area contributed by atoms with E-state index < -0.39 is 18.0 Å². The number of nitrogens with two attached hydrogens (primary N) is 1. The monoisotopic (exact) mass is 485 g/mol. The van der Waals surface area contributed by atoms with Gasteiger partial charge in [-0.05, 0) is 50.3 Å². The number of rotatable bonds is 6. The molecule has 11 heteroatoms. The van der Waals surface area contributed by atoms with E-state index in [1.165, 1.54) is 34.9 Å². The number of ether oxygens (including phenoxy) is 1. The van der Waals surface area contributed by atoms with Gasteiger partial charge in [-0.3, -0.25) is 0 Å². The van der Waals surface area contributed by atoms with Crippen molar-refractivity contribution < 1.29 is 18.7 Å². The number of esters is 1. The molecule has 1 atom stereocenters. The van der Waals surface area contributed by atoms with E-state index in [0.717, 1.165) is 29.5 Å². The van der Waals surface area contributed by atoms with Crippen molar-refractivity contribution in [2.24, 2.45) is 0 Å². The van der Waals surface area contributed by atoms with Crippen LogP contribution in [0.3, 0.4) is 0 Å². The predicted octanol–water partition coefficient (Wildman–Crippen LogP) is 3.71. The van der Waals surface area contributed by atoms with Gasteiger partial charge in [0.1, 0.15) is 22.5 Å². The van der Waals surface area contributed by atoms with Gasteiger partial charge < -0.3 is 25.5 Å². The summed E-state index contributed by atoms with van der Waals surface area (Å²) in [6.45, 7) is 1.94. The molecule has 33 heavy (non-hydrogen) atoms. The van der Waals surface area contributed by atoms with E-state index in [1.54, 1.807) is 30.4 Å². The van der Waals surface area contributed by atoms with E-state index in [9.17, 15) is 9.59 Å². The van der Waals surface area contributed by atoms with Crippen LogP contribution in [0.15, 0.2) is 39.2 Å². The summed E-state index contributed by atoms with van der Waals surface area (Å²) in [5.41, 5.74) is 8.33. The number of thiophene rings is 1. The van der Waals surface area contributed by atoms with Crippen molar-refractivity contribution in [1.82, 2.24) is 20.6 Å². The average Bonchev–Trinajstić information content (AvgIpc) is 3.45.